The van der Waals surface area contributed by atoms with E-state index in [0.717, 1.165) is 11.1 Å². The molecule has 0 bridgehead atoms. The van der Waals surface area contributed by atoms with Crippen LogP contribution < -0.4 is 10.1 Å². The molecule has 0 aromatic heterocycles. The zero-order valence-corrected chi connectivity index (χ0v) is 20.2. The van der Waals surface area contributed by atoms with Crippen LogP contribution in [0.2, 0.25) is 15.1 Å². The molecule has 3 aromatic carbocycles. The van der Waals surface area contributed by atoms with Crippen molar-refractivity contribution in [3.05, 3.63) is 99.0 Å². The van der Waals surface area contributed by atoms with Crippen LogP contribution in [0.1, 0.15) is 11.1 Å². The van der Waals surface area contributed by atoms with Gasteiger partial charge in [-0.25, -0.2) is 0 Å². The lowest BCUT2D eigenvalue weighted by Gasteiger charge is -2.31. The molecule has 0 spiro atoms. The molecule has 33 heavy (non-hydrogen) atoms. The first-order valence-corrected chi connectivity index (χ1v) is 11.4. The van der Waals surface area contributed by atoms with E-state index in [1.165, 1.54) is 4.90 Å². The fraction of sp³-hybridized carbons (Fsp3) is 0.200. The molecule has 0 aliphatic rings. The summed E-state index contributed by atoms with van der Waals surface area (Å²) in [5.74, 6) is -0.175. The molecule has 8 heteroatoms. The molecule has 0 fully saturated rings. The third kappa shape index (κ3) is 7.13. The van der Waals surface area contributed by atoms with E-state index < -0.39 is 6.04 Å². The predicted octanol–water partition coefficient (Wildman–Crippen LogP) is 5.41. The summed E-state index contributed by atoms with van der Waals surface area (Å²) in [5, 5.41) is 3.95. The third-order valence-electron chi connectivity index (χ3n) is 5.01. The van der Waals surface area contributed by atoms with Crippen LogP contribution in [0.3, 0.4) is 0 Å². The first-order valence-electron chi connectivity index (χ1n) is 10.2. The Hall–Kier alpha value is -2.73. The molecule has 0 aliphatic carbocycles. The minimum Gasteiger partial charge on any atom is -0.484 e. The maximum atomic E-state index is 13.3. The first kappa shape index (κ1) is 24.9. The van der Waals surface area contributed by atoms with Crippen LogP contribution in [-0.4, -0.2) is 36.4 Å². The van der Waals surface area contributed by atoms with Gasteiger partial charge in [-0.2, -0.15) is 0 Å². The van der Waals surface area contributed by atoms with Gasteiger partial charge in [-0.1, -0.05) is 77.3 Å². The normalized spacial score (nSPS) is 11.5. The Morgan fingerprint density at radius 2 is 1.67 bits per heavy atom. The van der Waals surface area contributed by atoms with E-state index >= 15 is 0 Å². The van der Waals surface area contributed by atoms with Crippen molar-refractivity contribution in [3.63, 3.8) is 0 Å². The van der Waals surface area contributed by atoms with Crippen molar-refractivity contribution in [2.45, 2.75) is 19.0 Å². The van der Waals surface area contributed by atoms with Crippen LogP contribution in [0.25, 0.3) is 0 Å². The average Bonchev–Trinajstić information content (AvgIpc) is 2.82. The van der Waals surface area contributed by atoms with Gasteiger partial charge in [0.1, 0.15) is 11.8 Å². The molecular formula is C25H23Cl3N2O3. The van der Waals surface area contributed by atoms with Crippen molar-refractivity contribution < 1.29 is 14.3 Å². The van der Waals surface area contributed by atoms with Gasteiger partial charge in [0.05, 0.1) is 10.0 Å². The van der Waals surface area contributed by atoms with Crippen LogP contribution in [0, 0.1) is 0 Å². The van der Waals surface area contributed by atoms with E-state index in [1.54, 1.807) is 49.5 Å². The number of hydrogen-bond donors (Lipinski definition) is 1. The number of hydrogen-bond acceptors (Lipinski definition) is 3. The number of carbonyl (C=O) groups excluding carboxylic acids is 2. The summed E-state index contributed by atoms with van der Waals surface area (Å²) in [6.45, 7) is -0.108. The summed E-state index contributed by atoms with van der Waals surface area (Å²) in [5.41, 5.74) is 1.66. The van der Waals surface area contributed by atoms with Crippen molar-refractivity contribution in [1.82, 2.24) is 10.2 Å². The van der Waals surface area contributed by atoms with Gasteiger partial charge in [0.25, 0.3) is 5.91 Å². The smallest absolute Gasteiger partial charge is 0.261 e. The van der Waals surface area contributed by atoms with Crippen LogP contribution in [-0.2, 0) is 22.6 Å². The second-order valence-electron chi connectivity index (χ2n) is 7.34. The Kier molecular flexibility index (Phi) is 9.01. The van der Waals surface area contributed by atoms with Gasteiger partial charge in [-0.3, -0.25) is 9.59 Å². The summed E-state index contributed by atoms with van der Waals surface area (Å²) in [4.78, 5) is 27.7. The number of rotatable bonds is 9. The zero-order chi connectivity index (χ0) is 23.8. The summed E-state index contributed by atoms with van der Waals surface area (Å²) >= 11 is 18.2. The number of carbonyl (C=O) groups is 2. The monoisotopic (exact) mass is 504 g/mol. The highest BCUT2D eigenvalue weighted by atomic mass is 35.5. The minimum absolute atomic E-state index is 0.152. The largest absolute Gasteiger partial charge is 0.484 e. The molecule has 1 atom stereocenters. The van der Waals surface area contributed by atoms with E-state index in [9.17, 15) is 9.59 Å². The number of likely N-dealkylation sites (N-methyl/N-ethyl adjacent to an activating group) is 1. The van der Waals surface area contributed by atoms with Crippen molar-refractivity contribution in [2.24, 2.45) is 0 Å². The molecule has 2 amide bonds. The van der Waals surface area contributed by atoms with Gasteiger partial charge in [0, 0.05) is 25.0 Å². The number of halogens is 3. The average molecular weight is 506 g/mol. The topological polar surface area (TPSA) is 58.6 Å². The van der Waals surface area contributed by atoms with Crippen molar-refractivity contribution in [3.8, 4) is 5.75 Å². The van der Waals surface area contributed by atoms with Gasteiger partial charge in [0.15, 0.2) is 6.61 Å². The molecule has 3 rings (SSSR count). The second-order valence-corrected chi connectivity index (χ2v) is 8.59. The second kappa shape index (κ2) is 11.9. The third-order valence-corrected chi connectivity index (χ3v) is 5.99. The number of amides is 2. The maximum Gasteiger partial charge on any atom is 0.261 e. The molecule has 5 nitrogen and oxygen atoms in total. The van der Waals surface area contributed by atoms with Crippen molar-refractivity contribution in [1.29, 1.82) is 0 Å². The summed E-state index contributed by atoms with van der Waals surface area (Å²) < 4.78 is 5.67. The Bertz CT molecular complexity index is 1110. The quantitative estimate of drug-likeness (QED) is 0.423. The van der Waals surface area contributed by atoms with E-state index in [1.807, 2.05) is 30.3 Å². The van der Waals surface area contributed by atoms with Crippen molar-refractivity contribution >= 4 is 46.6 Å². The molecular weight excluding hydrogens is 483 g/mol. The molecule has 0 aliphatic heterocycles. The SMILES string of the molecule is CNC(=O)C(Cc1ccccc1)N(Cc1ccc(Cl)c(Cl)c1)C(=O)COc1cccc(Cl)c1. The van der Waals surface area contributed by atoms with Gasteiger partial charge in [0.2, 0.25) is 5.91 Å². The number of ether oxygens (including phenoxy) is 1. The highest BCUT2D eigenvalue weighted by Gasteiger charge is 2.30. The van der Waals surface area contributed by atoms with Gasteiger partial charge >= 0.3 is 0 Å². The lowest BCUT2D eigenvalue weighted by atomic mass is 10.0. The summed E-state index contributed by atoms with van der Waals surface area (Å²) in [7, 11) is 1.55. The highest BCUT2D eigenvalue weighted by Crippen LogP contribution is 2.24. The van der Waals surface area contributed by atoms with Gasteiger partial charge < -0.3 is 15.0 Å². The zero-order valence-electron chi connectivity index (χ0n) is 17.9. The van der Waals surface area contributed by atoms with Gasteiger partial charge in [-0.15, -0.1) is 0 Å². The van der Waals surface area contributed by atoms with Crippen LogP contribution in [0.15, 0.2) is 72.8 Å². The predicted molar refractivity (Wildman–Crippen MR) is 132 cm³/mol. The van der Waals surface area contributed by atoms with Crippen LogP contribution in [0.4, 0.5) is 0 Å². The first-order chi connectivity index (χ1) is 15.9. The van der Waals surface area contributed by atoms with Crippen molar-refractivity contribution in [2.75, 3.05) is 13.7 Å². The maximum absolute atomic E-state index is 13.3. The molecule has 0 radical (unpaired) electrons. The Morgan fingerprint density at radius 1 is 0.909 bits per heavy atom. The van der Waals surface area contributed by atoms with Crippen LogP contribution >= 0.6 is 34.8 Å². The van der Waals surface area contributed by atoms with E-state index in [-0.39, 0.29) is 25.0 Å². The molecule has 0 saturated carbocycles. The summed E-state index contributed by atoms with van der Waals surface area (Å²) in [6, 6.07) is 20.7. The minimum atomic E-state index is -0.762. The molecule has 0 saturated heterocycles. The highest BCUT2D eigenvalue weighted by molar-refractivity contribution is 6.42. The fourth-order valence-corrected chi connectivity index (χ4v) is 3.84. The summed E-state index contributed by atoms with van der Waals surface area (Å²) in [6.07, 6.45) is 0.338. The van der Waals surface area contributed by atoms with Gasteiger partial charge in [-0.05, 0) is 41.5 Å². The Balaban J connectivity index is 1.89. The molecule has 3 aromatic rings. The molecule has 172 valence electrons. The van der Waals surface area contributed by atoms with E-state index in [2.05, 4.69) is 5.32 Å². The lowest BCUT2D eigenvalue weighted by molar-refractivity contribution is -0.142. The van der Waals surface area contributed by atoms with E-state index in [0.29, 0.717) is 27.2 Å². The molecule has 1 N–H and O–H groups in total. The number of nitrogens with zero attached hydrogens (tertiary/aromatic N) is 1. The van der Waals surface area contributed by atoms with Crippen LogP contribution in [0.5, 0.6) is 5.75 Å². The number of benzene rings is 3. The van der Waals surface area contributed by atoms with E-state index in [4.69, 9.17) is 39.5 Å². The fourth-order valence-electron chi connectivity index (χ4n) is 3.34. The number of nitrogens with one attached hydrogen (secondary N) is 1. The molecule has 0 heterocycles. The standard InChI is InChI=1S/C25H23Cl3N2O3/c1-29-25(32)23(13-17-6-3-2-4-7-17)30(15-18-10-11-21(27)22(28)12-18)24(31)16-33-20-9-5-8-19(26)14-20/h2-12,14,23H,13,15-16H2,1H3,(H,29,32). The Labute approximate surface area is 208 Å². The molecule has 1 unspecified atom stereocenters. The lowest BCUT2D eigenvalue weighted by Crippen LogP contribution is -2.51. The Morgan fingerprint density at radius 3 is 2.33 bits per heavy atom.